The molecule has 0 bridgehead atoms. The van der Waals surface area contributed by atoms with Gasteiger partial charge in [-0.3, -0.25) is 14.9 Å². The van der Waals surface area contributed by atoms with Gasteiger partial charge in [0.1, 0.15) is 11.5 Å². The smallest absolute Gasteiger partial charge is 0.227 e. The van der Waals surface area contributed by atoms with Crippen molar-refractivity contribution in [3.8, 4) is 11.5 Å². The maximum Gasteiger partial charge on any atom is 0.227 e. The predicted molar refractivity (Wildman–Crippen MR) is 84.3 cm³/mol. The van der Waals surface area contributed by atoms with E-state index in [4.69, 9.17) is 0 Å². The van der Waals surface area contributed by atoms with Gasteiger partial charge in [0, 0.05) is 18.9 Å². The summed E-state index contributed by atoms with van der Waals surface area (Å²) in [5.74, 6) is 0.843. The first-order chi connectivity index (χ1) is 11.3. The molecule has 0 saturated heterocycles. The first kappa shape index (κ1) is 14.8. The molecule has 7 heteroatoms. The van der Waals surface area contributed by atoms with E-state index in [1.54, 1.807) is 18.6 Å². The molecule has 0 spiro atoms. The number of carbonyl (C=O) groups excluding carboxylic acids is 1. The van der Waals surface area contributed by atoms with Crippen LogP contribution in [0.4, 0.5) is 0 Å². The van der Waals surface area contributed by atoms with E-state index in [1.807, 2.05) is 30.3 Å². The Balaban J connectivity index is 1.49. The van der Waals surface area contributed by atoms with E-state index in [-0.39, 0.29) is 12.3 Å². The van der Waals surface area contributed by atoms with Gasteiger partial charge in [0.2, 0.25) is 11.7 Å². The summed E-state index contributed by atoms with van der Waals surface area (Å²) in [6.07, 6.45) is 5.68. The highest BCUT2D eigenvalue weighted by Crippen LogP contribution is 2.08. The molecule has 0 aliphatic heterocycles. The number of benzene rings is 1. The van der Waals surface area contributed by atoms with E-state index in [1.165, 1.54) is 5.56 Å². The summed E-state index contributed by atoms with van der Waals surface area (Å²) in [5, 5.41) is 9.68. The first-order valence-corrected chi connectivity index (χ1v) is 7.29. The summed E-state index contributed by atoms with van der Waals surface area (Å²) in [6, 6.07) is 10.0. The summed E-state index contributed by atoms with van der Waals surface area (Å²) in [7, 11) is 0. The number of nitrogens with zero attached hydrogens (tertiary/aromatic N) is 4. The highest BCUT2D eigenvalue weighted by atomic mass is 16.1. The third-order valence-electron chi connectivity index (χ3n) is 3.23. The predicted octanol–water partition coefficient (Wildman–Crippen LogP) is 1.16. The normalized spacial score (nSPS) is 10.4. The fraction of sp³-hybridized carbons (Fsp3) is 0.188. The number of aromatic amines is 1. The molecule has 3 rings (SSSR count). The minimum atomic E-state index is -0.0947. The van der Waals surface area contributed by atoms with Crippen molar-refractivity contribution in [3.63, 3.8) is 0 Å². The third kappa shape index (κ3) is 4.19. The average molecular weight is 308 g/mol. The number of H-pyrrole nitrogens is 1. The maximum absolute atomic E-state index is 11.9. The number of carbonyl (C=O) groups is 1. The van der Waals surface area contributed by atoms with Gasteiger partial charge in [-0.05, 0) is 12.0 Å². The van der Waals surface area contributed by atoms with Crippen molar-refractivity contribution >= 4 is 5.91 Å². The monoisotopic (exact) mass is 308 g/mol. The van der Waals surface area contributed by atoms with Crippen molar-refractivity contribution in [3.05, 3.63) is 60.3 Å². The molecule has 2 aromatic heterocycles. The molecule has 1 amide bonds. The van der Waals surface area contributed by atoms with Crippen LogP contribution in [0.15, 0.2) is 48.9 Å². The molecule has 3 aromatic rings. The number of hydrogen-bond donors (Lipinski definition) is 2. The minimum Gasteiger partial charge on any atom is -0.355 e. The number of hydrogen-bond acceptors (Lipinski definition) is 5. The van der Waals surface area contributed by atoms with Crippen molar-refractivity contribution in [2.75, 3.05) is 6.54 Å². The Hall–Kier alpha value is -3.09. The van der Waals surface area contributed by atoms with Crippen LogP contribution in [0.2, 0.25) is 0 Å². The average Bonchev–Trinajstić information content (AvgIpc) is 3.05. The van der Waals surface area contributed by atoms with E-state index in [9.17, 15) is 4.79 Å². The maximum atomic E-state index is 11.9. The van der Waals surface area contributed by atoms with Gasteiger partial charge in [-0.15, -0.1) is 0 Å². The molecule has 0 radical (unpaired) electrons. The van der Waals surface area contributed by atoms with E-state index in [0.717, 1.165) is 6.42 Å². The standard InChI is InChI=1S/C16H16N6O/c23-15(19-7-6-12-4-2-1-3-5-12)10-14-20-16(22-21-14)13-11-17-8-9-18-13/h1-5,8-9,11H,6-7,10H2,(H,19,23)(H,20,21,22). The largest absolute Gasteiger partial charge is 0.355 e. The molecular formula is C16H16N6O. The van der Waals surface area contributed by atoms with E-state index < -0.39 is 0 Å². The first-order valence-electron chi connectivity index (χ1n) is 7.29. The van der Waals surface area contributed by atoms with Gasteiger partial charge in [-0.1, -0.05) is 30.3 Å². The van der Waals surface area contributed by atoms with Crippen LogP contribution in [-0.2, 0) is 17.6 Å². The molecule has 0 unspecified atom stereocenters. The topological polar surface area (TPSA) is 96.4 Å². The zero-order valence-corrected chi connectivity index (χ0v) is 12.4. The molecule has 0 aliphatic carbocycles. The second-order valence-corrected chi connectivity index (χ2v) is 4.96. The van der Waals surface area contributed by atoms with Gasteiger partial charge in [0.15, 0.2) is 0 Å². The van der Waals surface area contributed by atoms with Crippen LogP contribution in [0.25, 0.3) is 11.5 Å². The lowest BCUT2D eigenvalue weighted by molar-refractivity contribution is -0.120. The Labute approximate surface area is 133 Å². The SMILES string of the molecule is O=C(Cc1nc(-c2cnccn2)n[nH]1)NCCc1ccccc1. The molecule has 116 valence electrons. The van der Waals surface area contributed by atoms with Crippen molar-refractivity contribution in [2.24, 2.45) is 0 Å². The van der Waals surface area contributed by atoms with E-state index in [0.29, 0.717) is 23.9 Å². The Kier molecular flexibility index (Phi) is 4.68. The molecule has 0 fully saturated rings. The lowest BCUT2D eigenvalue weighted by atomic mass is 10.1. The van der Waals surface area contributed by atoms with Gasteiger partial charge in [-0.25, -0.2) is 9.97 Å². The van der Waals surface area contributed by atoms with Crippen molar-refractivity contribution in [1.29, 1.82) is 0 Å². The van der Waals surface area contributed by atoms with Gasteiger partial charge in [0.05, 0.1) is 12.6 Å². The van der Waals surface area contributed by atoms with Crippen LogP contribution in [0.1, 0.15) is 11.4 Å². The lowest BCUT2D eigenvalue weighted by Gasteiger charge is -2.03. The van der Waals surface area contributed by atoms with E-state index in [2.05, 4.69) is 30.5 Å². The number of amides is 1. The molecule has 2 heterocycles. The fourth-order valence-corrected chi connectivity index (χ4v) is 2.11. The highest BCUT2D eigenvalue weighted by molar-refractivity contribution is 5.77. The van der Waals surface area contributed by atoms with Crippen molar-refractivity contribution < 1.29 is 4.79 Å². The third-order valence-corrected chi connectivity index (χ3v) is 3.23. The van der Waals surface area contributed by atoms with Gasteiger partial charge < -0.3 is 5.32 Å². The van der Waals surface area contributed by atoms with Crippen LogP contribution in [-0.4, -0.2) is 37.6 Å². The molecule has 7 nitrogen and oxygen atoms in total. The summed E-state index contributed by atoms with van der Waals surface area (Å²) >= 11 is 0. The summed E-state index contributed by atoms with van der Waals surface area (Å²) in [5.41, 5.74) is 1.76. The Bertz CT molecular complexity index is 757. The number of aromatic nitrogens is 5. The van der Waals surface area contributed by atoms with Gasteiger partial charge in [-0.2, -0.15) is 5.10 Å². The Morgan fingerprint density at radius 1 is 1.17 bits per heavy atom. The lowest BCUT2D eigenvalue weighted by Crippen LogP contribution is -2.27. The van der Waals surface area contributed by atoms with Crippen LogP contribution >= 0.6 is 0 Å². The zero-order chi connectivity index (χ0) is 15.9. The summed E-state index contributed by atoms with van der Waals surface area (Å²) in [6.45, 7) is 0.591. The molecule has 0 atom stereocenters. The summed E-state index contributed by atoms with van der Waals surface area (Å²) in [4.78, 5) is 24.3. The van der Waals surface area contributed by atoms with Crippen molar-refractivity contribution in [2.45, 2.75) is 12.8 Å². The second kappa shape index (κ2) is 7.26. The quantitative estimate of drug-likeness (QED) is 0.712. The number of rotatable bonds is 6. The van der Waals surface area contributed by atoms with Crippen molar-refractivity contribution in [1.82, 2.24) is 30.5 Å². The summed E-state index contributed by atoms with van der Waals surface area (Å²) < 4.78 is 0. The fourth-order valence-electron chi connectivity index (χ4n) is 2.11. The molecule has 23 heavy (non-hydrogen) atoms. The molecule has 1 aromatic carbocycles. The van der Waals surface area contributed by atoms with E-state index >= 15 is 0 Å². The Morgan fingerprint density at radius 2 is 2.04 bits per heavy atom. The minimum absolute atomic E-state index is 0.0947. The van der Waals surface area contributed by atoms with Gasteiger partial charge >= 0.3 is 0 Å². The Morgan fingerprint density at radius 3 is 2.83 bits per heavy atom. The zero-order valence-electron chi connectivity index (χ0n) is 12.4. The number of nitrogens with one attached hydrogen (secondary N) is 2. The molecule has 2 N–H and O–H groups in total. The molecule has 0 aliphatic rings. The van der Waals surface area contributed by atoms with Crippen LogP contribution in [0.3, 0.4) is 0 Å². The second-order valence-electron chi connectivity index (χ2n) is 4.96. The van der Waals surface area contributed by atoms with Gasteiger partial charge in [0.25, 0.3) is 0 Å². The molecule has 0 saturated carbocycles. The molecular weight excluding hydrogens is 292 g/mol. The highest BCUT2D eigenvalue weighted by Gasteiger charge is 2.10. The van der Waals surface area contributed by atoms with Crippen LogP contribution in [0, 0.1) is 0 Å². The van der Waals surface area contributed by atoms with Crippen LogP contribution < -0.4 is 5.32 Å². The van der Waals surface area contributed by atoms with Crippen LogP contribution in [0.5, 0.6) is 0 Å².